The van der Waals surface area contributed by atoms with E-state index in [1.54, 1.807) is 16.8 Å². The first-order chi connectivity index (χ1) is 10.1. The fourth-order valence-electron chi connectivity index (χ4n) is 2.99. The predicted octanol–water partition coefficient (Wildman–Crippen LogP) is 2.89. The van der Waals surface area contributed by atoms with Gasteiger partial charge in [-0.2, -0.15) is 0 Å². The third kappa shape index (κ3) is 3.04. The molecular formula is C15H20FN5. The van der Waals surface area contributed by atoms with Crippen molar-refractivity contribution in [3.05, 3.63) is 24.0 Å². The highest BCUT2D eigenvalue weighted by atomic mass is 19.1. The van der Waals surface area contributed by atoms with Crippen LogP contribution in [0.2, 0.25) is 0 Å². The standard InChI is InChI=1S/C15H20FN5/c1-10-2-4-11(5-3-10)9-21-15(18-19-20-21)13-7-6-12(17)8-14(13)16/h6-8,10-11H,2-5,9,17H2,1H3. The summed E-state index contributed by atoms with van der Waals surface area (Å²) in [6, 6.07) is 4.60. The number of nitrogens with two attached hydrogens (primary N) is 1. The number of nitrogens with zero attached hydrogens (tertiary/aromatic N) is 4. The molecule has 2 aromatic rings. The Hall–Kier alpha value is -1.98. The number of halogens is 1. The third-order valence-corrected chi connectivity index (χ3v) is 4.33. The first kappa shape index (κ1) is 14.0. The van der Waals surface area contributed by atoms with Gasteiger partial charge in [-0.1, -0.05) is 19.8 Å². The van der Waals surface area contributed by atoms with E-state index in [1.807, 2.05) is 0 Å². The van der Waals surface area contributed by atoms with Crippen molar-refractivity contribution in [1.82, 2.24) is 20.2 Å². The summed E-state index contributed by atoms with van der Waals surface area (Å²) < 4.78 is 15.8. The molecule has 0 saturated heterocycles. The van der Waals surface area contributed by atoms with Gasteiger partial charge < -0.3 is 5.73 Å². The lowest BCUT2D eigenvalue weighted by Gasteiger charge is -2.26. The molecule has 21 heavy (non-hydrogen) atoms. The molecule has 0 bridgehead atoms. The monoisotopic (exact) mass is 289 g/mol. The normalized spacial score (nSPS) is 22.4. The molecule has 5 nitrogen and oxygen atoms in total. The summed E-state index contributed by atoms with van der Waals surface area (Å²) >= 11 is 0. The van der Waals surface area contributed by atoms with Crippen LogP contribution in [0.15, 0.2) is 18.2 Å². The average Bonchev–Trinajstić information content (AvgIpc) is 2.89. The number of anilines is 1. The number of benzene rings is 1. The van der Waals surface area contributed by atoms with E-state index < -0.39 is 0 Å². The first-order valence-electron chi connectivity index (χ1n) is 7.45. The van der Waals surface area contributed by atoms with Gasteiger partial charge in [-0.25, -0.2) is 9.07 Å². The number of rotatable bonds is 3. The van der Waals surface area contributed by atoms with E-state index in [4.69, 9.17) is 5.73 Å². The van der Waals surface area contributed by atoms with Crippen LogP contribution >= 0.6 is 0 Å². The second kappa shape index (κ2) is 5.79. The van der Waals surface area contributed by atoms with Crippen LogP contribution in [0, 0.1) is 17.7 Å². The Labute approximate surface area is 123 Å². The minimum absolute atomic E-state index is 0.386. The maximum atomic E-state index is 14.0. The van der Waals surface area contributed by atoms with Gasteiger partial charge in [0, 0.05) is 12.2 Å². The van der Waals surface area contributed by atoms with Gasteiger partial charge in [0.15, 0.2) is 5.82 Å². The molecule has 0 amide bonds. The summed E-state index contributed by atoms with van der Waals surface area (Å²) in [4.78, 5) is 0. The summed E-state index contributed by atoms with van der Waals surface area (Å²) in [5, 5.41) is 11.7. The maximum absolute atomic E-state index is 14.0. The highest BCUT2D eigenvalue weighted by molar-refractivity contribution is 5.59. The van der Waals surface area contributed by atoms with Crippen molar-refractivity contribution in [1.29, 1.82) is 0 Å². The highest BCUT2D eigenvalue weighted by Crippen LogP contribution is 2.30. The van der Waals surface area contributed by atoms with E-state index in [-0.39, 0.29) is 5.82 Å². The van der Waals surface area contributed by atoms with Gasteiger partial charge in [0.1, 0.15) is 5.82 Å². The van der Waals surface area contributed by atoms with E-state index in [9.17, 15) is 4.39 Å². The molecule has 6 heteroatoms. The largest absolute Gasteiger partial charge is 0.399 e. The third-order valence-electron chi connectivity index (χ3n) is 4.33. The topological polar surface area (TPSA) is 69.6 Å². The lowest BCUT2D eigenvalue weighted by molar-refractivity contribution is 0.257. The SMILES string of the molecule is CC1CCC(Cn2nnnc2-c2ccc(N)cc2F)CC1. The Morgan fingerprint density at radius 1 is 1.29 bits per heavy atom. The van der Waals surface area contributed by atoms with Crippen molar-refractivity contribution >= 4 is 5.69 Å². The minimum Gasteiger partial charge on any atom is -0.399 e. The molecule has 0 unspecified atom stereocenters. The molecular weight excluding hydrogens is 269 g/mol. The van der Waals surface area contributed by atoms with Crippen LogP contribution in [0.25, 0.3) is 11.4 Å². The maximum Gasteiger partial charge on any atom is 0.184 e. The zero-order chi connectivity index (χ0) is 14.8. The number of hydrogen-bond donors (Lipinski definition) is 1. The van der Waals surface area contributed by atoms with Crippen molar-refractivity contribution in [2.75, 3.05) is 5.73 Å². The molecule has 0 aliphatic heterocycles. The van der Waals surface area contributed by atoms with Crippen LogP contribution in [0.5, 0.6) is 0 Å². The van der Waals surface area contributed by atoms with Gasteiger partial charge >= 0.3 is 0 Å². The van der Waals surface area contributed by atoms with Gasteiger partial charge in [0.2, 0.25) is 0 Å². The van der Waals surface area contributed by atoms with Gasteiger partial charge in [0.25, 0.3) is 0 Å². The molecule has 0 spiro atoms. The minimum atomic E-state index is -0.386. The van der Waals surface area contributed by atoms with E-state index in [0.29, 0.717) is 23.0 Å². The van der Waals surface area contributed by atoms with Crippen LogP contribution in [0.4, 0.5) is 10.1 Å². The Balaban J connectivity index is 1.80. The van der Waals surface area contributed by atoms with E-state index in [1.165, 1.54) is 31.7 Å². The molecule has 1 aliphatic carbocycles. The smallest absolute Gasteiger partial charge is 0.184 e. The molecule has 1 aliphatic rings. The van der Waals surface area contributed by atoms with Crippen LogP contribution in [0.3, 0.4) is 0 Å². The summed E-state index contributed by atoms with van der Waals surface area (Å²) in [5.41, 5.74) is 6.38. The Kier molecular flexibility index (Phi) is 3.86. The molecule has 0 radical (unpaired) electrons. The molecule has 1 aromatic carbocycles. The van der Waals surface area contributed by atoms with Crippen molar-refractivity contribution < 1.29 is 4.39 Å². The van der Waals surface area contributed by atoms with Crippen molar-refractivity contribution in [3.63, 3.8) is 0 Å². The summed E-state index contributed by atoms with van der Waals surface area (Å²) in [6.07, 6.45) is 4.87. The zero-order valence-electron chi connectivity index (χ0n) is 12.2. The average molecular weight is 289 g/mol. The van der Waals surface area contributed by atoms with Crippen LogP contribution in [0.1, 0.15) is 32.6 Å². The quantitative estimate of drug-likeness (QED) is 0.882. The second-order valence-electron chi connectivity index (χ2n) is 6.05. The molecule has 2 N–H and O–H groups in total. The molecule has 1 heterocycles. The van der Waals surface area contributed by atoms with Crippen molar-refractivity contribution in [2.24, 2.45) is 11.8 Å². The number of tetrazole rings is 1. The van der Waals surface area contributed by atoms with E-state index in [2.05, 4.69) is 22.4 Å². The van der Waals surface area contributed by atoms with E-state index >= 15 is 0 Å². The number of hydrogen-bond acceptors (Lipinski definition) is 4. The lowest BCUT2D eigenvalue weighted by Crippen LogP contribution is -2.19. The Morgan fingerprint density at radius 3 is 2.76 bits per heavy atom. The number of aromatic nitrogens is 4. The van der Waals surface area contributed by atoms with Gasteiger partial charge in [-0.3, -0.25) is 0 Å². The van der Waals surface area contributed by atoms with Crippen molar-refractivity contribution in [2.45, 2.75) is 39.2 Å². The van der Waals surface area contributed by atoms with Gasteiger partial charge in [-0.15, -0.1) is 5.10 Å². The fraction of sp³-hybridized carbons (Fsp3) is 0.533. The fourth-order valence-corrected chi connectivity index (χ4v) is 2.99. The molecule has 1 aromatic heterocycles. The molecule has 112 valence electrons. The predicted molar refractivity (Wildman–Crippen MR) is 78.7 cm³/mol. The molecule has 1 saturated carbocycles. The Morgan fingerprint density at radius 2 is 2.05 bits per heavy atom. The second-order valence-corrected chi connectivity index (χ2v) is 6.05. The molecule has 3 rings (SSSR count). The highest BCUT2D eigenvalue weighted by Gasteiger charge is 2.21. The van der Waals surface area contributed by atoms with Crippen LogP contribution < -0.4 is 5.73 Å². The molecule has 0 atom stereocenters. The van der Waals surface area contributed by atoms with Crippen LogP contribution in [-0.2, 0) is 6.54 Å². The Bertz CT molecular complexity index is 616. The number of nitrogen functional groups attached to an aromatic ring is 1. The summed E-state index contributed by atoms with van der Waals surface area (Å²) in [6.45, 7) is 3.04. The van der Waals surface area contributed by atoms with Gasteiger partial charge in [-0.05, 0) is 53.3 Å². The first-order valence-corrected chi connectivity index (χ1v) is 7.45. The molecule has 1 fully saturated rings. The lowest BCUT2D eigenvalue weighted by atomic mass is 9.83. The summed E-state index contributed by atoms with van der Waals surface area (Å²) in [7, 11) is 0. The van der Waals surface area contributed by atoms with E-state index in [0.717, 1.165) is 12.5 Å². The van der Waals surface area contributed by atoms with Crippen molar-refractivity contribution in [3.8, 4) is 11.4 Å². The van der Waals surface area contributed by atoms with Gasteiger partial charge in [0.05, 0.1) is 5.56 Å². The summed E-state index contributed by atoms with van der Waals surface area (Å²) in [5.74, 6) is 1.47. The zero-order valence-corrected chi connectivity index (χ0v) is 12.2. The van der Waals surface area contributed by atoms with Crippen LogP contribution in [-0.4, -0.2) is 20.2 Å².